The van der Waals surface area contributed by atoms with E-state index in [2.05, 4.69) is 15.3 Å². The number of nitrogens with zero attached hydrogens (tertiary/aromatic N) is 3. The van der Waals surface area contributed by atoms with Crippen LogP contribution in [0.5, 0.6) is 11.5 Å². The lowest BCUT2D eigenvalue weighted by molar-refractivity contribution is -0.388. The summed E-state index contributed by atoms with van der Waals surface area (Å²) in [4.78, 5) is 30.7. The van der Waals surface area contributed by atoms with E-state index < -0.39 is 10.7 Å². The highest BCUT2D eigenvalue weighted by atomic mass is 35.5. The smallest absolute Gasteiger partial charge is 0.388 e. The van der Waals surface area contributed by atoms with Crippen LogP contribution >= 0.6 is 11.6 Å². The number of Topliss-reactive ketones (excluding diaryl/α,β-unsaturated/α-hetero) is 1. The zero-order valence-electron chi connectivity index (χ0n) is 15.9. The van der Waals surface area contributed by atoms with Gasteiger partial charge in [-0.1, -0.05) is 11.6 Å². The summed E-state index contributed by atoms with van der Waals surface area (Å²) in [6.07, 6.45) is 6.27. The molecule has 9 nitrogen and oxygen atoms in total. The van der Waals surface area contributed by atoms with Crippen LogP contribution < -0.4 is 10.1 Å². The first-order valence-corrected chi connectivity index (χ1v) is 9.62. The molecule has 2 aromatic rings. The van der Waals surface area contributed by atoms with E-state index in [9.17, 15) is 14.9 Å². The van der Waals surface area contributed by atoms with Gasteiger partial charge < -0.3 is 24.9 Å². The number of carbonyl (C=O) groups is 1. The Labute approximate surface area is 172 Å². The monoisotopic (exact) mass is 420 g/mol. The summed E-state index contributed by atoms with van der Waals surface area (Å²) >= 11 is 6.23. The van der Waals surface area contributed by atoms with Crippen molar-refractivity contribution in [3.05, 3.63) is 45.4 Å². The second-order valence-electron chi connectivity index (χ2n) is 6.64. The Morgan fingerprint density at radius 2 is 2.28 bits per heavy atom. The summed E-state index contributed by atoms with van der Waals surface area (Å²) in [6, 6.07) is 3.24. The summed E-state index contributed by atoms with van der Waals surface area (Å²) in [5, 5.41) is 13.7. The van der Waals surface area contributed by atoms with Crippen LogP contribution in [0.1, 0.15) is 31.4 Å². The molecule has 29 heavy (non-hydrogen) atoms. The van der Waals surface area contributed by atoms with Gasteiger partial charge in [-0.05, 0) is 35.2 Å². The zero-order valence-corrected chi connectivity index (χ0v) is 16.6. The van der Waals surface area contributed by atoms with Gasteiger partial charge in [-0.15, -0.1) is 0 Å². The molecule has 0 bridgehead atoms. The number of nitro groups is 1. The maximum absolute atomic E-state index is 12.3. The van der Waals surface area contributed by atoms with E-state index in [1.54, 1.807) is 12.1 Å². The van der Waals surface area contributed by atoms with Gasteiger partial charge >= 0.3 is 5.82 Å². The quantitative estimate of drug-likeness (QED) is 0.504. The number of rotatable bonds is 8. The molecule has 0 spiro atoms. The number of nitrogens with one attached hydrogen (secondary N) is 1. The van der Waals surface area contributed by atoms with Crippen LogP contribution in [0, 0.1) is 10.1 Å². The molecule has 10 heteroatoms. The van der Waals surface area contributed by atoms with Gasteiger partial charge in [-0.3, -0.25) is 9.78 Å². The molecule has 3 heterocycles. The van der Waals surface area contributed by atoms with Gasteiger partial charge in [-0.25, -0.2) is 0 Å². The first-order chi connectivity index (χ1) is 14.0. The van der Waals surface area contributed by atoms with E-state index in [1.165, 1.54) is 19.4 Å². The maximum atomic E-state index is 12.3. The number of ether oxygens (including phenoxy) is 2. The van der Waals surface area contributed by atoms with Gasteiger partial charge in [0, 0.05) is 38.8 Å². The van der Waals surface area contributed by atoms with Crippen LogP contribution in [-0.2, 0) is 16.0 Å². The Kier molecular flexibility index (Phi) is 6.95. The number of pyridine rings is 2. The molecule has 1 unspecified atom stereocenters. The zero-order chi connectivity index (χ0) is 20.8. The van der Waals surface area contributed by atoms with Gasteiger partial charge in [0.2, 0.25) is 0 Å². The van der Waals surface area contributed by atoms with Crippen molar-refractivity contribution in [2.45, 2.75) is 38.2 Å². The maximum Gasteiger partial charge on any atom is 0.388 e. The third-order valence-corrected chi connectivity index (χ3v) is 4.89. The minimum atomic E-state index is -0.631. The van der Waals surface area contributed by atoms with Crippen LogP contribution in [0.15, 0.2) is 24.5 Å². The second kappa shape index (κ2) is 9.62. The Hall–Kier alpha value is -2.78. The summed E-state index contributed by atoms with van der Waals surface area (Å²) in [5.74, 6) is 0.210. The lowest BCUT2D eigenvalue weighted by atomic mass is 10.0. The van der Waals surface area contributed by atoms with Gasteiger partial charge in [0.1, 0.15) is 16.6 Å². The SMILES string of the molecule is CNc1c([N+](=O)[O-])ncc(Oc2ccnc(CC(=O)CC3CCCCO3)c2)c1Cl. The van der Waals surface area contributed by atoms with Crippen LogP contribution in [0.4, 0.5) is 11.5 Å². The van der Waals surface area contributed by atoms with Gasteiger partial charge in [0.05, 0.1) is 11.8 Å². The number of carbonyl (C=O) groups excluding carboxylic acids is 1. The molecule has 2 aromatic heterocycles. The summed E-state index contributed by atoms with van der Waals surface area (Å²) < 4.78 is 11.3. The number of anilines is 1. The number of aromatic nitrogens is 2. The normalized spacial score (nSPS) is 16.3. The minimum absolute atomic E-state index is 0.0133. The predicted octanol–water partition coefficient (Wildman–Crippen LogP) is 3.94. The lowest BCUT2D eigenvalue weighted by Gasteiger charge is -2.21. The third kappa shape index (κ3) is 5.39. The summed E-state index contributed by atoms with van der Waals surface area (Å²) in [5.41, 5.74) is 0.620. The summed E-state index contributed by atoms with van der Waals surface area (Å²) in [6.45, 7) is 0.707. The average Bonchev–Trinajstić information content (AvgIpc) is 2.70. The molecule has 0 aliphatic carbocycles. The van der Waals surface area contributed by atoms with Crippen LogP contribution in [0.25, 0.3) is 0 Å². The second-order valence-corrected chi connectivity index (χ2v) is 7.01. The van der Waals surface area contributed by atoms with Crippen molar-refractivity contribution < 1.29 is 19.2 Å². The fraction of sp³-hybridized carbons (Fsp3) is 0.421. The molecular weight excluding hydrogens is 400 g/mol. The highest BCUT2D eigenvalue weighted by Crippen LogP contribution is 2.39. The fourth-order valence-electron chi connectivity index (χ4n) is 3.13. The van der Waals surface area contributed by atoms with Crippen LogP contribution in [0.3, 0.4) is 0 Å². The highest BCUT2D eigenvalue weighted by Gasteiger charge is 2.23. The molecule has 3 rings (SSSR count). The molecular formula is C19H21ClN4O5. The van der Waals surface area contributed by atoms with E-state index in [1.807, 2.05) is 0 Å². The van der Waals surface area contributed by atoms with Crippen LogP contribution in [-0.4, -0.2) is 40.4 Å². The first-order valence-electron chi connectivity index (χ1n) is 9.24. The van der Waals surface area contributed by atoms with E-state index in [0.717, 1.165) is 19.3 Å². The minimum Gasteiger partial charge on any atom is -0.452 e. The average molecular weight is 421 g/mol. The molecule has 0 radical (unpaired) electrons. The van der Waals surface area contributed by atoms with Gasteiger partial charge in [-0.2, -0.15) is 0 Å². The number of halogens is 1. The Morgan fingerprint density at radius 3 is 2.97 bits per heavy atom. The van der Waals surface area contributed by atoms with E-state index in [-0.39, 0.29) is 34.8 Å². The fourth-order valence-corrected chi connectivity index (χ4v) is 3.40. The largest absolute Gasteiger partial charge is 0.452 e. The predicted molar refractivity (Wildman–Crippen MR) is 107 cm³/mol. The molecule has 1 atom stereocenters. The number of hydrogen-bond acceptors (Lipinski definition) is 8. The molecule has 1 aliphatic heterocycles. The molecule has 154 valence electrons. The Morgan fingerprint density at radius 1 is 1.45 bits per heavy atom. The van der Waals surface area contributed by atoms with Gasteiger partial charge in [0.25, 0.3) is 0 Å². The highest BCUT2D eigenvalue weighted by molar-refractivity contribution is 6.35. The molecule has 0 saturated carbocycles. The molecule has 1 fully saturated rings. The molecule has 1 saturated heterocycles. The van der Waals surface area contributed by atoms with Crippen molar-refractivity contribution in [1.29, 1.82) is 0 Å². The van der Waals surface area contributed by atoms with E-state index in [4.69, 9.17) is 21.1 Å². The number of hydrogen-bond donors (Lipinski definition) is 1. The molecule has 0 amide bonds. The molecule has 1 N–H and O–H groups in total. The number of ketones is 1. The lowest BCUT2D eigenvalue weighted by Crippen LogP contribution is -2.23. The first kappa shape index (κ1) is 20.9. The standard InChI is InChI=1S/C19H21ClN4O5/c1-21-18-17(20)16(11-23-19(18)24(26)27)29-15-5-6-22-12(9-15)8-13(25)10-14-4-2-3-7-28-14/h5-6,9,11,14,21H,2-4,7-8,10H2,1H3. The van der Waals surface area contributed by atoms with E-state index >= 15 is 0 Å². The van der Waals surface area contributed by atoms with Crippen molar-refractivity contribution in [3.8, 4) is 11.5 Å². The third-order valence-electron chi connectivity index (χ3n) is 4.51. The topological polar surface area (TPSA) is 116 Å². The van der Waals surface area contributed by atoms with Gasteiger partial charge in [0.15, 0.2) is 17.6 Å². The van der Waals surface area contributed by atoms with Crippen molar-refractivity contribution >= 4 is 28.9 Å². The van der Waals surface area contributed by atoms with E-state index in [0.29, 0.717) is 24.5 Å². The Balaban J connectivity index is 1.70. The van der Waals surface area contributed by atoms with Crippen LogP contribution in [0.2, 0.25) is 5.02 Å². The molecule has 1 aliphatic rings. The van der Waals surface area contributed by atoms with Crippen molar-refractivity contribution in [1.82, 2.24) is 9.97 Å². The van der Waals surface area contributed by atoms with Crippen molar-refractivity contribution in [2.75, 3.05) is 19.0 Å². The van der Waals surface area contributed by atoms with Crippen molar-refractivity contribution in [3.63, 3.8) is 0 Å². The van der Waals surface area contributed by atoms with Crippen molar-refractivity contribution in [2.24, 2.45) is 0 Å². The summed E-state index contributed by atoms with van der Waals surface area (Å²) in [7, 11) is 1.51. The molecule has 0 aromatic carbocycles. The Bertz CT molecular complexity index is 902.